The molecule has 2 heterocycles. The topological polar surface area (TPSA) is 61.7 Å². The predicted octanol–water partition coefficient (Wildman–Crippen LogP) is 4.18. The van der Waals surface area contributed by atoms with Crippen LogP contribution in [0.25, 0.3) is 10.9 Å². The lowest BCUT2D eigenvalue weighted by molar-refractivity contribution is -0.132. The highest BCUT2D eigenvalue weighted by atomic mass is 127. The molecule has 0 fully saturated rings. The van der Waals surface area contributed by atoms with Crippen molar-refractivity contribution >= 4 is 46.7 Å². The Morgan fingerprint density at radius 3 is 2.52 bits per heavy atom. The van der Waals surface area contributed by atoms with Crippen LogP contribution in [0.4, 0.5) is 0 Å². The Morgan fingerprint density at radius 2 is 1.70 bits per heavy atom. The van der Waals surface area contributed by atoms with Crippen LogP contribution in [-0.2, 0) is 24.3 Å². The minimum Gasteiger partial charge on any atom is -0.356 e. The van der Waals surface area contributed by atoms with Crippen LogP contribution in [-0.4, -0.2) is 48.0 Å². The number of para-hydroxylation sites is 1. The van der Waals surface area contributed by atoms with E-state index >= 15 is 0 Å². The van der Waals surface area contributed by atoms with Crippen LogP contribution < -0.4 is 10.6 Å². The Labute approximate surface area is 213 Å². The second kappa shape index (κ2) is 12.6. The van der Waals surface area contributed by atoms with Gasteiger partial charge in [-0.15, -0.1) is 24.0 Å². The Kier molecular flexibility index (Phi) is 9.60. The van der Waals surface area contributed by atoms with Crippen molar-refractivity contribution in [1.82, 2.24) is 20.1 Å². The summed E-state index contributed by atoms with van der Waals surface area (Å²) in [6.07, 6.45) is 5.47. The van der Waals surface area contributed by atoms with Gasteiger partial charge in [0, 0.05) is 57.9 Å². The van der Waals surface area contributed by atoms with Crippen molar-refractivity contribution in [1.29, 1.82) is 0 Å². The molecule has 0 radical (unpaired) electrons. The molecule has 0 aliphatic carbocycles. The van der Waals surface area contributed by atoms with Crippen LogP contribution in [0, 0.1) is 0 Å². The zero-order chi connectivity index (χ0) is 22.2. The Balaban J connectivity index is 0.00000306. The van der Waals surface area contributed by atoms with Crippen molar-refractivity contribution in [3.8, 4) is 0 Å². The molecule has 1 aromatic heterocycles. The first-order chi connectivity index (χ1) is 15.7. The fraction of sp³-hybridized carbons (Fsp3) is 0.385. The number of carbonyl (C=O) groups excluding carboxylic acids is 1. The quantitative estimate of drug-likeness (QED) is 0.189. The predicted molar refractivity (Wildman–Crippen MR) is 146 cm³/mol. The highest BCUT2D eigenvalue weighted by Crippen LogP contribution is 2.19. The maximum Gasteiger partial charge on any atom is 0.222 e. The molecule has 3 aromatic rings. The fourth-order valence-corrected chi connectivity index (χ4v) is 4.33. The van der Waals surface area contributed by atoms with Gasteiger partial charge < -0.3 is 20.1 Å². The summed E-state index contributed by atoms with van der Waals surface area (Å²) in [5.74, 6) is 1.03. The van der Waals surface area contributed by atoms with Gasteiger partial charge in [0.2, 0.25) is 5.91 Å². The van der Waals surface area contributed by atoms with E-state index in [0.29, 0.717) is 6.42 Å². The molecule has 0 saturated carbocycles. The second-order valence-corrected chi connectivity index (χ2v) is 8.28. The second-order valence-electron chi connectivity index (χ2n) is 8.28. The molecular weight excluding hydrogens is 525 g/mol. The average Bonchev–Trinajstić information content (AvgIpc) is 3.25. The molecule has 0 unspecified atom stereocenters. The standard InChI is InChI=1S/C26H33N5O.HI/c1-27-26(29-16-7-17-30-18-14-22-9-4-5-11-24(22)30)28-15-6-12-25(32)31-19-13-21-8-2-3-10-23(21)20-31;/h2-5,8-11,14,18H,6-7,12-13,15-17,19-20H2,1H3,(H2,27,28,29);1H. The van der Waals surface area contributed by atoms with Gasteiger partial charge in [-0.25, -0.2) is 0 Å². The number of aryl methyl sites for hydroxylation is 1. The van der Waals surface area contributed by atoms with Crippen LogP contribution >= 0.6 is 24.0 Å². The van der Waals surface area contributed by atoms with Gasteiger partial charge in [0.25, 0.3) is 0 Å². The molecule has 6 nitrogen and oxygen atoms in total. The summed E-state index contributed by atoms with van der Waals surface area (Å²) in [5, 5.41) is 7.98. The van der Waals surface area contributed by atoms with Crippen molar-refractivity contribution in [3.63, 3.8) is 0 Å². The summed E-state index contributed by atoms with van der Waals surface area (Å²) >= 11 is 0. The molecule has 0 bridgehead atoms. The highest BCUT2D eigenvalue weighted by Gasteiger charge is 2.19. The van der Waals surface area contributed by atoms with E-state index in [4.69, 9.17) is 0 Å². The SMILES string of the molecule is CN=C(NCCCC(=O)N1CCc2ccccc2C1)NCCCn1ccc2ccccc21.I. The first kappa shape index (κ1) is 25.1. The van der Waals surface area contributed by atoms with Crippen LogP contribution in [0.1, 0.15) is 30.4 Å². The van der Waals surface area contributed by atoms with Crippen LogP contribution in [0.2, 0.25) is 0 Å². The summed E-state index contributed by atoms with van der Waals surface area (Å²) < 4.78 is 2.29. The fourth-order valence-electron chi connectivity index (χ4n) is 4.33. The highest BCUT2D eigenvalue weighted by molar-refractivity contribution is 14.0. The number of hydrogen-bond acceptors (Lipinski definition) is 2. The molecule has 2 aromatic carbocycles. The van der Waals surface area contributed by atoms with E-state index in [1.165, 1.54) is 22.0 Å². The molecule has 0 spiro atoms. The third-order valence-electron chi connectivity index (χ3n) is 6.12. The maximum atomic E-state index is 12.6. The van der Waals surface area contributed by atoms with Crippen LogP contribution in [0.5, 0.6) is 0 Å². The molecule has 176 valence electrons. The van der Waals surface area contributed by atoms with Crippen LogP contribution in [0.3, 0.4) is 0 Å². The van der Waals surface area contributed by atoms with Gasteiger partial charge in [-0.05, 0) is 47.9 Å². The van der Waals surface area contributed by atoms with Gasteiger partial charge in [0.1, 0.15) is 0 Å². The number of carbonyl (C=O) groups is 1. The van der Waals surface area contributed by atoms with Gasteiger partial charge in [-0.3, -0.25) is 9.79 Å². The number of fused-ring (bicyclic) bond motifs is 2. The number of guanidine groups is 1. The van der Waals surface area contributed by atoms with E-state index < -0.39 is 0 Å². The molecule has 2 N–H and O–H groups in total. The molecule has 1 amide bonds. The van der Waals surface area contributed by atoms with Crippen molar-refractivity contribution in [2.45, 2.75) is 38.8 Å². The van der Waals surface area contributed by atoms with Crippen molar-refractivity contribution in [2.75, 3.05) is 26.7 Å². The first-order valence-electron chi connectivity index (χ1n) is 11.6. The van der Waals surface area contributed by atoms with E-state index in [-0.39, 0.29) is 29.9 Å². The number of nitrogens with zero attached hydrogens (tertiary/aromatic N) is 3. The summed E-state index contributed by atoms with van der Waals surface area (Å²) in [6, 6.07) is 19.0. The molecule has 7 heteroatoms. The van der Waals surface area contributed by atoms with E-state index in [1.807, 2.05) is 4.90 Å². The minimum atomic E-state index is 0. The van der Waals surface area contributed by atoms with Gasteiger partial charge in [-0.2, -0.15) is 0 Å². The Bertz CT molecular complexity index is 1080. The van der Waals surface area contributed by atoms with Gasteiger partial charge in [0.15, 0.2) is 5.96 Å². The molecule has 33 heavy (non-hydrogen) atoms. The maximum absolute atomic E-state index is 12.6. The lowest BCUT2D eigenvalue weighted by atomic mass is 9.99. The molecule has 1 aliphatic rings. The number of aliphatic imine (C=N–C) groups is 1. The van der Waals surface area contributed by atoms with E-state index in [0.717, 1.165) is 57.9 Å². The number of aromatic nitrogens is 1. The monoisotopic (exact) mass is 559 g/mol. The summed E-state index contributed by atoms with van der Waals surface area (Å²) in [5.41, 5.74) is 3.93. The number of nitrogens with one attached hydrogen (secondary N) is 2. The summed E-state index contributed by atoms with van der Waals surface area (Å²) in [6.45, 7) is 4.10. The molecule has 1 aliphatic heterocycles. The van der Waals surface area contributed by atoms with Crippen molar-refractivity contribution in [2.24, 2.45) is 4.99 Å². The van der Waals surface area contributed by atoms with E-state index in [1.54, 1.807) is 7.05 Å². The third kappa shape index (κ3) is 6.72. The van der Waals surface area contributed by atoms with Crippen LogP contribution in [0.15, 0.2) is 65.8 Å². The van der Waals surface area contributed by atoms with Crippen molar-refractivity contribution < 1.29 is 4.79 Å². The first-order valence-corrected chi connectivity index (χ1v) is 11.6. The normalized spacial score (nSPS) is 13.4. The van der Waals surface area contributed by atoms with Gasteiger partial charge in [-0.1, -0.05) is 42.5 Å². The largest absolute Gasteiger partial charge is 0.356 e. The van der Waals surface area contributed by atoms with E-state index in [2.05, 4.69) is 81.0 Å². The average molecular weight is 559 g/mol. The molecule has 0 atom stereocenters. The molecule has 0 saturated heterocycles. The molecule has 4 rings (SSSR count). The summed E-state index contributed by atoms with van der Waals surface area (Å²) in [7, 11) is 1.78. The smallest absolute Gasteiger partial charge is 0.222 e. The Hall–Kier alpha value is -2.55. The Morgan fingerprint density at radius 1 is 0.970 bits per heavy atom. The zero-order valence-electron chi connectivity index (χ0n) is 19.3. The number of rotatable bonds is 8. The lowest BCUT2D eigenvalue weighted by Crippen LogP contribution is -2.39. The van der Waals surface area contributed by atoms with Gasteiger partial charge in [0.05, 0.1) is 0 Å². The number of amides is 1. The number of benzene rings is 2. The van der Waals surface area contributed by atoms with Crippen molar-refractivity contribution in [3.05, 3.63) is 71.9 Å². The zero-order valence-corrected chi connectivity index (χ0v) is 21.6. The lowest BCUT2D eigenvalue weighted by Gasteiger charge is -2.29. The van der Waals surface area contributed by atoms with E-state index in [9.17, 15) is 4.79 Å². The van der Waals surface area contributed by atoms with Gasteiger partial charge >= 0.3 is 0 Å². The minimum absolute atomic E-state index is 0. The number of halogens is 1. The summed E-state index contributed by atoms with van der Waals surface area (Å²) in [4.78, 5) is 18.9. The number of hydrogen-bond donors (Lipinski definition) is 2. The third-order valence-corrected chi connectivity index (χ3v) is 6.12. The molecular formula is C26H34IN5O.